The second-order valence-electron chi connectivity index (χ2n) is 7.40. The minimum Gasteiger partial charge on any atom is -0.315 e. The van der Waals surface area contributed by atoms with Crippen molar-refractivity contribution in [1.29, 1.82) is 0 Å². The molecule has 2 amide bonds. The molecular weight excluding hydrogens is 374 g/mol. The fourth-order valence-corrected chi connectivity index (χ4v) is 4.07. The molecule has 1 heterocycles. The molecule has 3 rings (SSSR count). The van der Waals surface area contributed by atoms with Crippen molar-refractivity contribution in [3.05, 3.63) is 70.8 Å². The molecule has 0 radical (unpaired) electrons. The normalized spacial score (nSPS) is 17.4. The Morgan fingerprint density at radius 2 is 1.79 bits per heavy atom. The SMILES string of the molecule is Cc1ccc([C@@H]2CN(NS(C)(=O)=O)C(=O)N2CCCc2ccccc2)cc1C. The molecule has 0 aromatic heterocycles. The molecule has 0 unspecified atom stereocenters. The third-order valence-electron chi connectivity index (χ3n) is 5.11. The Morgan fingerprint density at radius 3 is 2.43 bits per heavy atom. The Labute approximate surface area is 167 Å². The maximum Gasteiger partial charge on any atom is 0.335 e. The van der Waals surface area contributed by atoms with Crippen molar-refractivity contribution in [2.75, 3.05) is 19.3 Å². The zero-order chi connectivity index (χ0) is 20.3. The molecule has 1 N–H and O–H groups in total. The summed E-state index contributed by atoms with van der Waals surface area (Å²) in [7, 11) is -3.52. The lowest BCUT2D eigenvalue weighted by Crippen LogP contribution is -2.44. The van der Waals surface area contributed by atoms with Gasteiger partial charge in [-0.2, -0.15) is 0 Å². The Kier molecular flexibility index (Phi) is 6.05. The van der Waals surface area contributed by atoms with Crippen molar-refractivity contribution in [3.63, 3.8) is 0 Å². The first-order chi connectivity index (χ1) is 13.2. The molecule has 7 heteroatoms. The maximum absolute atomic E-state index is 12.9. The van der Waals surface area contributed by atoms with Gasteiger partial charge in [0.15, 0.2) is 0 Å². The van der Waals surface area contributed by atoms with Gasteiger partial charge in [-0.3, -0.25) is 0 Å². The fourth-order valence-electron chi connectivity index (χ4n) is 3.52. The van der Waals surface area contributed by atoms with Crippen LogP contribution in [-0.4, -0.2) is 43.7 Å². The summed E-state index contributed by atoms with van der Waals surface area (Å²) in [6.07, 6.45) is 2.73. The van der Waals surface area contributed by atoms with E-state index in [2.05, 4.69) is 23.0 Å². The standard InChI is InChI=1S/C21H27N3O3S/c1-16-11-12-19(14-17(16)2)20-15-24(22-28(3,26)27)21(25)23(20)13-7-10-18-8-5-4-6-9-18/h4-6,8-9,11-12,14,20,22H,7,10,13,15H2,1-3H3/t20-/m0/s1. The van der Waals surface area contributed by atoms with Crippen molar-refractivity contribution in [1.82, 2.24) is 14.7 Å². The number of carbonyl (C=O) groups excluding carboxylic acids is 1. The van der Waals surface area contributed by atoms with E-state index in [0.29, 0.717) is 13.1 Å². The number of nitrogens with zero attached hydrogens (tertiary/aromatic N) is 2. The molecule has 28 heavy (non-hydrogen) atoms. The number of rotatable bonds is 7. The number of urea groups is 1. The highest BCUT2D eigenvalue weighted by molar-refractivity contribution is 7.88. The lowest BCUT2D eigenvalue weighted by Gasteiger charge is -2.24. The van der Waals surface area contributed by atoms with Gasteiger partial charge in [0, 0.05) is 6.54 Å². The molecule has 6 nitrogen and oxygen atoms in total. The molecule has 1 aliphatic rings. The summed E-state index contributed by atoms with van der Waals surface area (Å²) in [6, 6.07) is 15.8. The van der Waals surface area contributed by atoms with Gasteiger partial charge in [-0.25, -0.2) is 18.2 Å². The van der Waals surface area contributed by atoms with Gasteiger partial charge < -0.3 is 4.90 Å². The Morgan fingerprint density at radius 1 is 1.07 bits per heavy atom. The van der Waals surface area contributed by atoms with Gasteiger partial charge in [-0.15, -0.1) is 4.83 Å². The predicted octanol–water partition coefficient (Wildman–Crippen LogP) is 3.18. The van der Waals surface area contributed by atoms with E-state index in [1.165, 1.54) is 16.1 Å². The lowest BCUT2D eigenvalue weighted by atomic mass is 10.0. The van der Waals surface area contributed by atoms with Gasteiger partial charge in [0.25, 0.3) is 0 Å². The largest absolute Gasteiger partial charge is 0.335 e. The molecule has 1 atom stereocenters. The van der Waals surface area contributed by atoms with Crippen LogP contribution in [0.3, 0.4) is 0 Å². The van der Waals surface area contributed by atoms with E-state index in [4.69, 9.17) is 0 Å². The van der Waals surface area contributed by atoms with Gasteiger partial charge in [0.05, 0.1) is 18.8 Å². The van der Waals surface area contributed by atoms with Gasteiger partial charge >= 0.3 is 6.03 Å². The highest BCUT2D eigenvalue weighted by Gasteiger charge is 2.39. The van der Waals surface area contributed by atoms with Gasteiger partial charge in [0.2, 0.25) is 10.0 Å². The first-order valence-corrected chi connectivity index (χ1v) is 11.3. The van der Waals surface area contributed by atoms with Crippen LogP contribution in [0.5, 0.6) is 0 Å². The third kappa shape index (κ3) is 4.91. The fraction of sp³-hybridized carbons (Fsp3) is 0.381. The number of hydrogen-bond donors (Lipinski definition) is 1. The molecule has 1 aliphatic heterocycles. The number of sulfonamides is 1. The van der Waals surface area contributed by atoms with Gasteiger partial charge in [-0.1, -0.05) is 48.5 Å². The quantitative estimate of drug-likeness (QED) is 0.775. The van der Waals surface area contributed by atoms with Crippen molar-refractivity contribution in [2.45, 2.75) is 32.7 Å². The van der Waals surface area contributed by atoms with Crippen molar-refractivity contribution < 1.29 is 13.2 Å². The molecule has 2 aromatic rings. The Balaban J connectivity index is 1.79. The molecule has 1 saturated heterocycles. The van der Waals surface area contributed by atoms with E-state index in [-0.39, 0.29) is 12.1 Å². The zero-order valence-electron chi connectivity index (χ0n) is 16.6. The molecule has 0 saturated carbocycles. The average Bonchev–Trinajstić information content (AvgIpc) is 2.93. The second kappa shape index (κ2) is 8.32. The third-order valence-corrected chi connectivity index (χ3v) is 5.66. The monoisotopic (exact) mass is 401 g/mol. The van der Waals surface area contributed by atoms with Crippen LogP contribution in [0, 0.1) is 13.8 Å². The summed E-state index contributed by atoms with van der Waals surface area (Å²) in [4.78, 5) is 17.0. The molecule has 0 spiro atoms. The van der Waals surface area contributed by atoms with Crippen LogP contribution in [0.2, 0.25) is 0 Å². The Hall–Kier alpha value is -2.38. The van der Waals surface area contributed by atoms with E-state index in [0.717, 1.165) is 30.2 Å². The van der Waals surface area contributed by atoms with E-state index >= 15 is 0 Å². The van der Waals surface area contributed by atoms with Crippen molar-refractivity contribution in [3.8, 4) is 0 Å². The maximum atomic E-state index is 12.9. The number of carbonyl (C=O) groups is 1. The van der Waals surface area contributed by atoms with Crippen LogP contribution < -0.4 is 4.83 Å². The Bertz CT molecular complexity index is 945. The molecule has 0 aliphatic carbocycles. The number of benzene rings is 2. The predicted molar refractivity (Wildman–Crippen MR) is 110 cm³/mol. The molecule has 1 fully saturated rings. The average molecular weight is 402 g/mol. The number of nitrogens with one attached hydrogen (secondary N) is 1. The summed E-state index contributed by atoms with van der Waals surface area (Å²) in [5.74, 6) is 0. The minimum atomic E-state index is -3.52. The molecule has 150 valence electrons. The van der Waals surface area contributed by atoms with Crippen LogP contribution in [0.4, 0.5) is 4.79 Å². The van der Waals surface area contributed by atoms with E-state index < -0.39 is 10.0 Å². The van der Waals surface area contributed by atoms with Gasteiger partial charge in [0.1, 0.15) is 0 Å². The minimum absolute atomic E-state index is 0.183. The first kappa shape index (κ1) is 20.4. The van der Waals surface area contributed by atoms with E-state index in [1.54, 1.807) is 4.90 Å². The zero-order valence-corrected chi connectivity index (χ0v) is 17.4. The van der Waals surface area contributed by atoms with Crippen LogP contribution in [0.1, 0.15) is 34.7 Å². The number of amides is 2. The van der Waals surface area contributed by atoms with E-state index in [1.807, 2.05) is 44.2 Å². The molecule has 0 bridgehead atoms. The van der Waals surface area contributed by atoms with Crippen molar-refractivity contribution >= 4 is 16.1 Å². The summed E-state index contributed by atoms with van der Waals surface area (Å²) in [5, 5.41) is 1.21. The first-order valence-electron chi connectivity index (χ1n) is 9.41. The van der Waals surface area contributed by atoms with Crippen LogP contribution in [0.25, 0.3) is 0 Å². The number of hydrogen-bond acceptors (Lipinski definition) is 3. The molecule has 2 aromatic carbocycles. The summed E-state index contributed by atoms with van der Waals surface area (Å²) in [6.45, 7) is 4.95. The molecular formula is C21H27N3O3S. The summed E-state index contributed by atoms with van der Waals surface area (Å²) >= 11 is 0. The highest BCUT2D eigenvalue weighted by Crippen LogP contribution is 2.30. The van der Waals surface area contributed by atoms with Crippen LogP contribution in [-0.2, 0) is 16.4 Å². The van der Waals surface area contributed by atoms with Crippen LogP contribution in [0.15, 0.2) is 48.5 Å². The highest BCUT2D eigenvalue weighted by atomic mass is 32.2. The van der Waals surface area contributed by atoms with Gasteiger partial charge in [-0.05, 0) is 48.9 Å². The summed E-state index contributed by atoms with van der Waals surface area (Å²) < 4.78 is 23.3. The smallest absolute Gasteiger partial charge is 0.315 e. The second-order valence-corrected chi connectivity index (χ2v) is 9.13. The lowest BCUT2D eigenvalue weighted by molar-refractivity contribution is 0.181. The van der Waals surface area contributed by atoms with Crippen molar-refractivity contribution in [2.24, 2.45) is 0 Å². The number of hydrazine groups is 1. The summed E-state index contributed by atoms with van der Waals surface area (Å²) in [5.41, 5.74) is 4.59. The van der Waals surface area contributed by atoms with Crippen LogP contribution >= 0.6 is 0 Å². The topological polar surface area (TPSA) is 69.7 Å². The van der Waals surface area contributed by atoms with E-state index in [9.17, 15) is 13.2 Å². The number of aryl methyl sites for hydroxylation is 3.